The van der Waals surface area contributed by atoms with E-state index in [9.17, 15) is 48.0 Å². The maximum absolute atomic E-state index is 13.9. The fourth-order valence-corrected chi connectivity index (χ4v) is 6.35. The Bertz CT molecular complexity index is 1540. The molecule has 40 heavy (non-hydrogen) atoms. The molecule has 0 heterocycles. The average molecular weight is 559 g/mol. The normalized spacial score (nSPS) is 26.5. The lowest BCUT2D eigenvalue weighted by Gasteiger charge is -2.50. The number of halogens is 3. The molecule has 3 aliphatic carbocycles. The van der Waals surface area contributed by atoms with Crippen LogP contribution in [0.15, 0.2) is 53.3 Å². The zero-order chi connectivity index (χ0) is 29.5. The van der Waals surface area contributed by atoms with Crippen molar-refractivity contribution in [3.05, 3.63) is 70.0 Å². The van der Waals surface area contributed by atoms with Crippen LogP contribution in [0.3, 0.4) is 0 Å². The summed E-state index contributed by atoms with van der Waals surface area (Å²) >= 11 is 0. The first kappa shape index (κ1) is 27.4. The predicted octanol–water partition coefficient (Wildman–Crippen LogP) is 2.65. The van der Waals surface area contributed by atoms with E-state index >= 15 is 0 Å². The van der Waals surface area contributed by atoms with Gasteiger partial charge in [-0.15, -0.1) is 0 Å². The number of nitrogens with zero attached hydrogens (tertiary/aromatic N) is 1. The Morgan fingerprint density at radius 1 is 1.05 bits per heavy atom. The van der Waals surface area contributed by atoms with E-state index in [4.69, 9.17) is 5.73 Å². The molecule has 2 aromatic rings. The summed E-state index contributed by atoms with van der Waals surface area (Å²) in [5, 5.41) is 44.5. The highest BCUT2D eigenvalue weighted by molar-refractivity contribution is 6.24. The number of carbonyl (C=O) groups is 3. The zero-order valence-corrected chi connectivity index (χ0v) is 21.3. The van der Waals surface area contributed by atoms with Crippen LogP contribution in [0.2, 0.25) is 0 Å². The number of hydrogen-bond donors (Lipinski definition) is 5. The Hall–Kier alpha value is -4.16. The van der Waals surface area contributed by atoms with Crippen LogP contribution in [0.4, 0.5) is 13.2 Å². The van der Waals surface area contributed by atoms with Gasteiger partial charge in [0.25, 0.3) is 5.91 Å². The van der Waals surface area contributed by atoms with Crippen molar-refractivity contribution in [3.63, 3.8) is 0 Å². The highest BCUT2D eigenvalue weighted by atomic mass is 19.4. The highest BCUT2D eigenvalue weighted by Gasteiger charge is 2.64. The summed E-state index contributed by atoms with van der Waals surface area (Å²) in [6.07, 6.45) is -4.63. The van der Waals surface area contributed by atoms with E-state index in [0.717, 1.165) is 12.1 Å². The van der Waals surface area contributed by atoms with Crippen LogP contribution < -0.4 is 5.73 Å². The van der Waals surface area contributed by atoms with Crippen molar-refractivity contribution in [2.24, 2.45) is 17.6 Å². The Labute approximate surface area is 225 Å². The number of nitrogens with two attached hydrogens (primary N) is 1. The van der Waals surface area contributed by atoms with Gasteiger partial charge in [0, 0.05) is 11.5 Å². The molecular formula is C28H25F3N2O7. The molecule has 1 amide bonds. The minimum atomic E-state index is -4.54. The number of hydrogen-bond acceptors (Lipinski definition) is 8. The van der Waals surface area contributed by atoms with E-state index in [0.29, 0.717) is 16.7 Å². The van der Waals surface area contributed by atoms with Crippen LogP contribution in [0, 0.1) is 11.8 Å². The van der Waals surface area contributed by atoms with Crippen LogP contribution in [0.5, 0.6) is 5.75 Å². The quantitative estimate of drug-likeness (QED) is 0.359. The third-order valence-electron chi connectivity index (χ3n) is 8.13. The van der Waals surface area contributed by atoms with Gasteiger partial charge in [-0.1, -0.05) is 18.2 Å². The highest BCUT2D eigenvalue weighted by Crippen LogP contribution is 2.53. The second-order valence-electron chi connectivity index (χ2n) is 10.5. The summed E-state index contributed by atoms with van der Waals surface area (Å²) in [5.74, 6) is -7.67. The molecule has 0 unspecified atom stereocenters. The van der Waals surface area contributed by atoms with Crippen molar-refractivity contribution < 1.29 is 48.0 Å². The number of aliphatic hydroxyl groups excluding tert-OH is 2. The molecule has 210 valence electrons. The number of aromatic hydroxyl groups is 1. The summed E-state index contributed by atoms with van der Waals surface area (Å²) in [5.41, 5.74) is 1.45. The maximum Gasteiger partial charge on any atom is 0.416 e. The molecule has 1 saturated carbocycles. The number of Topliss-reactive ketones (excluding diaryl/α,β-unsaturated/α-hetero) is 2. The van der Waals surface area contributed by atoms with E-state index in [1.807, 2.05) is 0 Å². The van der Waals surface area contributed by atoms with Gasteiger partial charge in [-0.2, -0.15) is 13.2 Å². The number of alkyl halides is 3. The third-order valence-corrected chi connectivity index (χ3v) is 8.13. The van der Waals surface area contributed by atoms with Gasteiger partial charge in [-0.05, 0) is 67.7 Å². The average Bonchev–Trinajstić information content (AvgIpc) is 2.85. The second kappa shape index (κ2) is 8.93. The first-order chi connectivity index (χ1) is 18.6. The number of aliphatic hydroxyl groups is 3. The summed E-state index contributed by atoms with van der Waals surface area (Å²) in [7, 11) is 2.99. The van der Waals surface area contributed by atoms with Gasteiger partial charge in [0.2, 0.25) is 5.78 Å². The van der Waals surface area contributed by atoms with Gasteiger partial charge in [-0.3, -0.25) is 19.3 Å². The summed E-state index contributed by atoms with van der Waals surface area (Å²) in [4.78, 5) is 40.5. The molecule has 0 saturated heterocycles. The molecule has 0 aliphatic heterocycles. The maximum atomic E-state index is 13.9. The summed E-state index contributed by atoms with van der Waals surface area (Å²) in [6, 6.07) is 5.80. The Morgan fingerprint density at radius 2 is 1.68 bits per heavy atom. The van der Waals surface area contributed by atoms with Crippen LogP contribution in [0.1, 0.15) is 23.1 Å². The van der Waals surface area contributed by atoms with Crippen molar-refractivity contribution in [3.8, 4) is 16.9 Å². The van der Waals surface area contributed by atoms with Crippen molar-refractivity contribution >= 4 is 23.2 Å². The molecule has 5 rings (SSSR count). The topological polar surface area (TPSA) is 161 Å². The molecule has 3 aliphatic rings. The summed E-state index contributed by atoms with van der Waals surface area (Å²) in [6.45, 7) is 0. The van der Waals surface area contributed by atoms with Crippen LogP contribution >= 0.6 is 0 Å². The van der Waals surface area contributed by atoms with E-state index in [2.05, 4.69) is 0 Å². The molecule has 4 atom stereocenters. The number of phenolic OH excluding ortho intramolecular Hbond substituents is 1. The molecule has 0 spiro atoms. The van der Waals surface area contributed by atoms with Gasteiger partial charge in [0.05, 0.1) is 17.2 Å². The number of likely N-dealkylation sites (N-methyl/N-ethyl adjacent to an activating group) is 1. The molecule has 6 N–H and O–H groups in total. The van der Waals surface area contributed by atoms with E-state index < -0.39 is 75.5 Å². The number of amides is 1. The minimum Gasteiger partial charge on any atom is -0.508 e. The standard InChI is InChI=1S/C28H25F3N2O7/c1-33(2)21-16-10-12-9-15-14(11-3-5-13(6-4-11)28(29,30)31)7-8-17(34)19(15)22(35)18(12)24(37)27(16,40)25(38)20(23(21)36)26(32)39/h3-8,12,16,21,34-35,38,40H,9-10H2,1-2H3,(H2,32,39)/t12-,16-,21-,27-/m0/s1. The molecule has 9 nitrogen and oxygen atoms in total. The predicted molar refractivity (Wildman–Crippen MR) is 135 cm³/mol. The van der Waals surface area contributed by atoms with Gasteiger partial charge >= 0.3 is 6.18 Å². The smallest absolute Gasteiger partial charge is 0.416 e. The first-order valence-corrected chi connectivity index (χ1v) is 12.3. The lowest BCUT2D eigenvalue weighted by molar-refractivity contribution is -0.153. The second-order valence-corrected chi connectivity index (χ2v) is 10.5. The number of ketones is 2. The van der Waals surface area contributed by atoms with Crippen molar-refractivity contribution in [2.75, 3.05) is 14.1 Å². The Kier molecular flexibility index (Phi) is 6.12. The molecule has 2 aromatic carbocycles. The number of carbonyl (C=O) groups excluding carboxylic acids is 3. The monoisotopic (exact) mass is 558 g/mol. The van der Waals surface area contributed by atoms with Gasteiger partial charge in [0.1, 0.15) is 22.8 Å². The molecule has 12 heteroatoms. The summed E-state index contributed by atoms with van der Waals surface area (Å²) < 4.78 is 39.3. The third kappa shape index (κ3) is 3.74. The number of fused-ring (bicyclic) bond motifs is 3. The van der Waals surface area contributed by atoms with E-state index in [1.54, 1.807) is 0 Å². The number of phenols is 1. The molecular weight excluding hydrogens is 533 g/mol. The number of rotatable bonds is 3. The van der Waals surface area contributed by atoms with Crippen LogP contribution in [0.25, 0.3) is 16.9 Å². The van der Waals surface area contributed by atoms with Crippen molar-refractivity contribution in [1.29, 1.82) is 0 Å². The van der Waals surface area contributed by atoms with Crippen molar-refractivity contribution in [2.45, 2.75) is 30.7 Å². The molecule has 1 fully saturated rings. The molecule has 0 bridgehead atoms. The van der Waals surface area contributed by atoms with Crippen LogP contribution in [-0.2, 0) is 27.0 Å². The Balaban J connectivity index is 1.70. The van der Waals surface area contributed by atoms with E-state index in [-0.39, 0.29) is 24.0 Å². The first-order valence-electron chi connectivity index (χ1n) is 12.3. The largest absolute Gasteiger partial charge is 0.508 e. The fraction of sp³-hybridized carbons (Fsp3) is 0.321. The van der Waals surface area contributed by atoms with E-state index in [1.165, 1.54) is 43.3 Å². The molecule has 0 radical (unpaired) electrons. The van der Waals surface area contributed by atoms with Gasteiger partial charge < -0.3 is 26.2 Å². The number of primary amides is 1. The van der Waals surface area contributed by atoms with Crippen molar-refractivity contribution in [1.82, 2.24) is 4.90 Å². The minimum absolute atomic E-state index is 0.0132. The lowest BCUT2D eigenvalue weighted by Crippen LogP contribution is -2.65. The number of benzene rings is 2. The Morgan fingerprint density at radius 3 is 2.23 bits per heavy atom. The zero-order valence-electron chi connectivity index (χ0n) is 21.3. The fourth-order valence-electron chi connectivity index (χ4n) is 6.35. The van der Waals surface area contributed by atoms with Gasteiger partial charge in [-0.25, -0.2) is 0 Å². The SMILES string of the molecule is CN(C)[C@@H]1C(=O)C(C(N)=O)=C(O)[C@@]2(O)C(=O)C3=C(O)c4c(O)ccc(-c5ccc(C(F)(F)F)cc5)c4C[C@H]3C[C@@H]12. The lowest BCUT2D eigenvalue weighted by atomic mass is 9.57. The van der Waals surface area contributed by atoms with Crippen LogP contribution in [-0.4, -0.2) is 68.5 Å². The molecule has 0 aromatic heterocycles. The van der Waals surface area contributed by atoms with Gasteiger partial charge in [0.15, 0.2) is 11.4 Å².